The molecule has 0 aliphatic carbocycles. The molecule has 1 aromatic rings. The van der Waals surface area contributed by atoms with E-state index in [1.54, 1.807) is 19.1 Å². The van der Waals surface area contributed by atoms with E-state index in [0.29, 0.717) is 24.1 Å². The molecule has 1 aliphatic heterocycles. The van der Waals surface area contributed by atoms with Crippen molar-refractivity contribution in [1.29, 1.82) is 0 Å². The summed E-state index contributed by atoms with van der Waals surface area (Å²) in [6.07, 6.45) is 2.24. The number of carbonyl (C=O) groups is 1. The van der Waals surface area contributed by atoms with Crippen molar-refractivity contribution >= 4 is 11.5 Å². The van der Waals surface area contributed by atoms with Crippen molar-refractivity contribution in [2.75, 3.05) is 13.1 Å². The number of nitro groups is 1. The molecule has 1 atom stereocenters. The average Bonchev–Trinajstić information content (AvgIpc) is 2.46. The molecule has 5 nitrogen and oxygen atoms in total. The zero-order valence-electron chi connectivity index (χ0n) is 11.0. The van der Waals surface area contributed by atoms with Gasteiger partial charge in [-0.15, -0.1) is 0 Å². The predicted molar refractivity (Wildman–Crippen MR) is 72.6 cm³/mol. The molecule has 1 aromatic carbocycles. The highest BCUT2D eigenvalue weighted by Gasteiger charge is 2.28. The highest BCUT2D eigenvalue weighted by molar-refractivity contribution is 5.98. The molecule has 0 spiro atoms. The van der Waals surface area contributed by atoms with Gasteiger partial charge in [-0.2, -0.15) is 0 Å². The molecule has 1 heterocycles. The Hall–Kier alpha value is -1.75. The number of hydrogen-bond donors (Lipinski definition) is 1. The first-order valence-electron chi connectivity index (χ1n) is 6.66. The van der Waals surface area contributed by atoms with Crippen LogP contribution in [0.15, 0.2) is 18.2 Å². The first kappa shape index (κ1) is 13.7. The number of nitrogens with one attached hydrogen (secondary N) is 1. The minimum absolute atomic E-state index is 0.0238. The Kier molecular flexibility index (Phi) is 4.27. The van der Waals surface area contributed by atoms with Crippen molar-refractivity contribution in [1.82, 2.24) is 5.32 Å². The molecule has 1 fully saturated rings. The monoisotopic (exact) mass is 262 g/mol. The summed E-state index contributed by atoms with van der Waals surface area (Å²) in [7, 11) is 0. The highest BCUT2D eigenvalue weighted by atomic mass is 16.6. The van der Waals surface area contributed by atoms with Crippen molar-refractivity contribution in [2.24, 2.45) is 0 Å². The van der Waals surface area contributed by atoms with Crippen molar-refractivity contribution < 1.29 is 9.72 Å². The maximum absolute atomic E-state index is 12.0. The van der Waals surface area contributed by atoms with Crippen molar-refractivity contribution in [2.45, 2.75) is 32.1 Å². The van der Waals surface area contributed by atoms with E-state index in [0.717, 1.165) is 19.4 Å². The quantitative estimate of drug-likeness (QED) is 0.514. The zero-order chi connectivity index (χ0) is 13.8. The van der Waals surface area contributed by atoms with E-state index in [1.807, 2.05) is 0 Å². The number of ketones is 1. The Morgan fingerprint density at radius 2 is 2.32 bits per heavy atom. The number of hydrogen-bond acceptors (Lipinski definition) is 4. The number of Topliss-reactive ketones (excluding diaryl/α,β-unsaturated/α-hetero) is 1. The van der Waals surface area contributed by atoms with Crippen LogP contribution in [0.4, 0.5) is 5.69 Å². The number of carbonyl (C=O) groups excluding carboxylic acids is 1. The van der Waals surface area contributed by atoms with Gasteiger partial charge >= 0.3 is 0 Å². The summed E-state index contributed by atoms with van der Waals surface area (Å²) in [5.74, 6) is 0.0325. The second kappa shape index (κ2) is 5.93. The SMILES string of the molecule is CCC(=O)c1cccc([N+](=O)[O-])c1C1CCCNC1. The molecule has 102 valence electrons. The summed E-state index contributed by atoms with van der Waals surface area (Å²) in [6, 6.07) is 4.81. The maximum atomic E-state index is 12.0. The summed E-state index contributed by atoms with van der Waals surface area (Å²) >= 11 is 0. The van der Waals surface area contributed by atoms with E-state index in [2.05, 4.69) is 5.32 Å². The number of rotatable bonds is 4. The Labute approximate surface area is 112 Å². The summed E-state index contributed by atoms with van der Waals surface area (Å²) in [6.45, 7) is 3.42. The molecule has 5 heteroatoms. The van der Waals surface area contributed by atoms with Gasteiger partial charge in [-0.1, -0.05) is 19.1 Å². The van der Waals surface area contributed by atoms with Crippen LogP contribution in [-0.4, -0.2) is 23.8 Å². The Morgan fingerprint density at radius 3 is 2.89 bits per heavy atom. The van der Waals surface area contributed by atoms with E-state index in [-0.39, 0.29) is 22.3 Å². The zero-order valence-corrected chi connectivity index (χ0v) is 11.0. The topological polar surface area (TPSA) is 72.2 Å². The number of nitro benzene ring substituents is 1. The standard InChI is InChI=1S/C14H18N2O3/c1-2-13(17)11-6-3-7-12(16(18)19)14(11)10-5-4-8-15-9-10/h3,6-7,10,15H,2,4-5,8-9H2,1H3. The fraction of sp³-hybridized carbons (Fsp3) is 0.500. The largest absolute Gasteiger partial charge is 0.316 e. The molecular formula is C14H18N2O3. The van der Waals surface area contributed by atoms with E-state index in [1.165, 1.54) is 6.07 Å². The van der Waals surface area contributed by atoms with Gasteiger partial charge in [-0.3, -0.25) is 14.9 Å². The molecular weight excluding hydrogens is 244 g/mol. The summed E-state index contributed by atoms with van der Waals surface area (Å²) in [5.41, 5.74) is 1.21. The van der Waals surface area contributed by atoms with Gasteiger partial charge in [0.2, 0.25) is 0 Å². The van der Waals surface area contributed by atoms with E-state index in [4.69, 9.17) is 0 Å². The molecule has 0 radical (unpaired) electrons. The van der Waals surface area contributed by atoms with Gasteiger partial charge in [0, 0.05) is 36.1 Å². The van der Waals surface area contributed by atoms with Crippen molar-refractivity contribution in [3.63, 3.8) is 0 Å². The number of nitrogens with zero attached hydrogens (tertiary/aromatic N) is 1. The van der Waals surface area contributed by atoms with Crippen LogP contribution in [0.25, 0.3) is 0 Å². The molecule has 19 heavy (non-hydrogen) atoms. The second-order valence-corrected chi connectivity index (χ2v) is 4.82. The van der Waals surface area contributed by atoms with Crippen LogP contribution in [0.3, 0.4) is 0 Å². The Balaban J connectivity index is 2.51. The molecule has 1 aliphatic rings. The molecule has 1 saturated heterocycles. The maximum Gasteiger partial charge on any atom is 0.273 e. The van der Waals surface area contributed by atoms with E-state index >= 15 is 0 Å². The van der Waals surface area contributed by atoms with Gasteiger partial charge in [0.15, 0.2) is 5.78 Å². The van der Waals surface area contributed by atoms with E-state index in [9.17, 15) is 14.9 Å². The van der Waals surface area contributed by atoms with Crippen LogP contribution in [0.5, 0.6) is 0 Å². The van der Waals surface area contributed by atoms with Crippen molar-refractivity contribution in [3.05, 3.63) is 39.4 Å². The molecule has 2 rings (SSSR count). The van der Waals surface area contributed by atoms with Gasteiger partial charge in [0.1, 0.15) is 0 Å². The van der Waals surface area contributed by atoms with Crippen molar-refractivity contribution in [3.8, 4) is 0 Å². The number of benzene rings is 1. The predicted octanol–water partition coefficient (Wildman–Crippen LogP) is 2.65. The first-order valence-corrected chi connectivity index (χ1v) is 6.66. The van der Waals surface area contributed by atoms with Crippen LogP contribution in [-0.2, 0) is 0 Å². The first-order chi connectivity index (χ1) is 9.15. The lowest BCUT2D eigenvalue weighted by atomic mass is 9.85. The average molecular weight is 262 g/mol. The van der Waals surface area contributed by atoms with Gasteiger partial charge < -0.3 is 5.32 Å². The van der Waals surface area contributed by atoms with Crippen LogP contribution >= 0.6 is 0 Å². The summed E-state index contributed by atoms with van der Waals surface area (Å²) < 4.78 is 0. The normalized spacial score (nSPS) is 19.1. The minimum atomic E-state index is -0.379. The van der Waals surface area contributed by atoms with Gasteiger partial charge in [0.05, 0.1) is 4.92 Å². The Morgan fingerprint density at radius 1 is 1.53 bits per heavy atom. The smallest absolute Gasteiger partial charge is 0.273 e. The van der Waals surface area contributed by atoms with Gasteiger partial charge in [-0.05, 0) is 19.4 Å². The lowest BCUT2D eigenvalue weighted by molar-refractivity contribution is -0.385. The number of piperidine rings is 1. The second-order valence-electron chi connectivity index (χ2n) is 4.82. The third kappa shape index (κ3) is 2.81. The third-order valence-electron chi connectivity index (χ3n) is 3.61. The van der Waals surface area contributed by atoms with E-state index < -0.39 is 0 Å². The molecule has 0 saturated carbocycles. The molecule has 0 aromatic heterocycles. The van der Waals surface area contributed by atoms with Crippen LogP contribution in [0.2, 0.25) is 0 Å². The van der Waals surface area contributed by atoms with Crippen LogP contribution < -0.4 is 5.32 Å². The molecule has 0 bridgehead atoms. The summed E-state index contributed by atoms with van der Waals surface area (Å²) in [4.78, 5) is 22.8. The molecule has 1 unspecified atom stereocenters. The molecule has 1 N–H and O–H groups in total. The van der Waals surface area contributed by atoms with Gasteiger partial charge in [0.25, 0.3) is 5.69 Å². The lowest BCUT2D eigenvalue weighted by Crippen LogP contribution is -2.29. The fourth-order valence-corrected chi connectivity index (χ4v) is 2.67. The van der Waals surface area contributed by atoms with Gasteiger partial charge in [-0.25, -0.2) is 0 Å². The molecule has 0 amide bonds. The fourth-order valence-electron chi connectivity index (χ4n) is 2.67. The highest BCUT2D eigenvalue weighted by Crippen LogP contribution is 2.34. The third-order valence-corrected chi connectivity index (χ3v) is 3.61. The summed E-state index contributed by atoms with van der Waals surface area (Å²) in [5, 5.41) is 14.5. The minimum Gasteiger partial charge on any atom is -0.316 e. The van der Waals surface area contributed by atoms with Crippen LogP contribution in [0, 0.1) is 10.1 Å². The van der Waals surface area contributed by atoms with Crippen LogP contribution in [0.1, 0.15) is 48.0 Å². The lowest BCUT2D eigenvalue weighted by Gasteiger charge is -2.24. The Bertz CT molecular complexity index is 493.